The molecule has 28 heavy (non-hydrogen) atoms. The van der Waals surface area contributed by atoms with Gasteiger partial charge in [0.15, 0.2) is 0 Å². The number of hydrogen-bond acceptors (Lipinski definition) is 6. The lowest BCUT2D eigenvalue weighted by molar-refractivity contribution is 0.460. The van der Waals surface area contributed by atoms with Crippen molar-refractivity contribution in [2.24, 2.45) is 0 Å². The molecule has 3 rings (SSSR count). The van der Waals surface area contributed by atoms with Crippen LogP contribution in [0.25, 0.3) is 0 Å². The second-order valence-electron chi connectivity index (χ2n) is 5.91. The fraction of sp³-hybridized carbons (Fsp3) is 0.158. The van der Waals surface area contributed by atoms with Gasteiger partial charge in [-0.15, -0.1) is 0 Å². The summed E-state index contributed by atoms with van der Waals surface area (Å²) in [6.07, 6.45) is 1.56. The van der Waals surface area contributed by atoms with Gasteiger partial charge in [-0.1, -0.05) is 24.3 Å². The van der Waals surface area contributed by atoms with Crippen molar-refractivity contribution in [2.45, 2.75) is 12.3 Å². The molecular weight excluding hydrogens is 383 g/mol. The Hall–Kier alpha value is -3.04. The average molecular weight is 402 g/mol. The molecule has 0 aliphatic heterocycles. The van der Waals surface area contributed by atoms with E-state index in [4.69, 9.17) is 4.74 Å². The van der Waals surface area contributed by atoms with Gasteiger partial charge >= 0.3 is 0 Å². The molecule has 0 fully saturated rings. The van der Waals surface area contributed by atoms with Crippen molar-refractivity contribution < 1.29 is 17.5 Å². The molecule has 146 valence electrons. The molecule has 0 saturated heterocycles. The molecule has 0 radical (unpaired) electrons. The first kappa shape index (κ1) is 19.7. The molecule has 3 aromatic rings. The van der Waals surface area contributed by atoms with Gasteiger partial charge < -0.3 is 10.1 Å². The Bertz CT molecular complexity index is 1030. The summed E-state index contributed by atoms with van der Waals surface area (Å²) in [4.78, 5) is 8.39. The zero-order valence-electron chi connectivity index (χ0n) is 15.1. The van der Waals surface area contributed by atoms with Crippen LogP contribution in [0.5, 0.6) is 11.6 Å². The molecule has 2 N–H and O–H groups in total. The number of rotatable bonds is 8. The fourth-order valence-corrected chi connectivity index (χ4v) is 3.11. The van der Waals surface area contributed by atoms with E-state index in [2.05, 4.69) is 20.0 Å². The van der Waals surface area contributed by atoms with Gasteiger partial charge in [0.1, 0.15) is 11.6 Å². The SMILES string of the molecule is CNS(=O)(=O)Cc1ccc(CNc2nccc(Oc3ccc(F)cc3)n2)cc1. The van der Waals surface area contributed by atoms with Crippen molar-refractivity contribution in [2.75, 3.05) is 12.4 Å². The number of sulfonamides is 1. The summed E-state index contributed by atoms with van der Waals surface area (Å²) in [5.74, 6) is 0.770. The van der Waals surface area contributed by atoms with E-state index in [0.717, 1.165) is 5.56 Å². The Labute approximate surface area is 162 Å². The smallest absolute Gasteiger partial charge is 0.226 e. The van der Waals surface area contributed by atoms with E-state index < -0.39 is 10.0 Å². The van der Waals surface area contributed by atoms with E-state index in [1.165, 1.54) is 31.3 Å². The number of aromatic nitrogens is 2. The van der Waals surface area contributed by atoms with Gasteiger partial charge in [0, 0.05) is 18.8 Å². The normalized spacial score (nSPS) is 11.2. The van der Waals surface area contributed by atoms with Crippen LogP contribution in [0.1, 0.15) is 11.1 Å². The van der Waals surface area contributed by atoms with Gasteiger partial charge in [-0.2, -0.15) is 4.98 Å². The summed E-state index contributed by atoms with van der Waals surface area (Å²) in [5.41, 5.74) is 1.64. The largest absolute Gasteiger partial charge is 0.439 e. The van der Waals surface area contributed by atoms with Crippen LogP contribution >= 0.6 is 0 Å². The summed E-state index contributed by atoms with van der Waals surface area (Å²) < 4.78 is 44.0. The Morgan fingerprint density at radius 2 is 1.68 bits per heavy atom. The van der Waals surface area contributed by atoms with Crippen LogP contribution in [-0.2, 0) is 22.3 Å². The Morgan fingerprint density at radius 3 is 2.36 bits per heavy atom. The van der Waals surface area contributed by atoms with Crippen molar-refractivity contribution in [3.05, 3.63) is 77.7 Å². The quantitative estimate of drug-likeness (QED) is 0.602. The highest BCUT2D eigenvalue weighted by Crippen LogP contribution is 2.20. The van der Waals surface area contributed by atoms with Gasteiger partial charge in [-0.3, -0.25) is 0 Å². The van der Waals surface area contributed by atoms with Crippen LogP contribution in [0.15, 0.2) is 60.8 Å². The van der Waals surface area contributed by atoms with Gasteiger partial charge in [0.2, 0.25) is 21.9 Å². The molecular formula is C19H19FN4O3S. The average Bonchev–Trinajstić information content (AvgIpc) is 2.69. The number of ether oxygens (including phenoxy) is 1. The molecule has 1 aromatic heterocycles. The van der Waals surface area contributed by atoms with Crippen molar-refractivity contribution in [3.63, 3.8) is 0 Å². The van der Waals surface area contributed by atoms with Crippen molar-refractivity contribution in [1.82, 2.24) is 14.7 Å². The van der Waals surface area contributed by atoms with E-state index in [1.807, 2.05) is 12.1 Å². The first-order chi connectivity index (χ1) is 13.4. The third-order valence-corrected chi connectivity index (χ3v) is 5.14. The molecule has 9 heteroatoms. The molecule has 0 atom stereocenters. The number of nitrogens with zero attached hydrogens (tertiary/aromatic N) is 2. The maximum Gasteiger partial charge on any atom is 0.226 e. The Kier molecular flexibility index (Phi) is 6.17. The Morgan fingerprint density at radius 1 is 1.00 bits per heavy atom. The minimum Gasteiger partial charge on any atom is -0.439 e. The second kappa shape index (κ2) is 8.77. The number of anilines is 1. The lowest BCUT2D eigenvalue weighted by Gasteiger charge is -2.08. The first-order valence-electron chi connectivity index (χ1n) is 8.43. The van der Waals surface area contributed by atoms with Gasteiger partial charge in [-0.05, 0) is 42.4 Å². The third kappa shape index (κ3) is 5.73. The van der Waals surface area contributed by atoms with E-state index in [9.17, 15) is 12.8 Å². The molecule has 0 aliphatic carbocycles. The number of benzene rings is 2. The minimum atomic E-state index is -3.29. The summed E-state index contributed by atoms with van der Waals surface area (Å²) in [6, 6.07) is 14.5. The molecule has 0 unspecified atom stereocenters. The summed E-state index contributed by atoms with van der Waals surface area (Å²) in [5, 5.41) is 3.08. The van der Waals surface area contributed by atoms with Crippen LogP contribution in [0, 0.1) is 5.82 Å². The maximum absolute atomic E-state index is 13.0. The minimum absolute atomic E-state index is 0.0664. The molecule has 1 heterocycles. The highest BCUT2D eigenvalue weighted by molar-refractivity contribution is 7.88. The van der Waals surface area contributed by atoms with Crippen LogP contribution in [0.4, 0.5) is 10.3 Å². The van der Waals surface area contributed by atoms with Crippen LogP contribution < -0.4 is 14.8 Å². The fourth-order valence-electron chi connectivity index (χ4n) is 2.33. The van der Waals surface area contributed by atoms with Crippen molar-refractivity contribution >= 4 is 16.0 Å². The van der Waals surface area contributed by atoms with E-state index in [-0.39, 0.29) is 11.6 Å². The van der Waals surface area contributed by atoms with Gasteiger partial charge in [-0.25, -0.2) is 22.5 Å². The molecule has 0 aliphatic rings. The maximum atomic E-state index is 13.0. The Balaban J connectivity index is 1.59. The van der Waals surface area contributed by atoms with Crippen LogP contribution in [-0.4, -0.2) is 25.4 Å². The molecule has 0 amide bonds. The highest BCUT2D eigenvalue weighted by Gasteiger charge is 2.08. The molecule has 0 saturated carbocycles. The predicted molar refractivity (Wildman–Crippen MR) is 104 cm³/mol. The van der Waals surface area contributed by atoms with E-state index in [1.54, 1.807) is 24.4 Å². The monoisotopic (exact) mass is 402 g/mol. The van der Waals surface area contributed by atoms with E-state index in [0.29, 0.717) is 29.7 Å². The molecule has 0 bridgehead atoms. The molecule has 2 aromatic carbocycles. The zero-order chi connectivity index (χ0) is 20.0. The van der Waals surface area contributed by atoms with Gasteiger partial charge in [0.25, 0.3) is 0 Å². The lowest BCUT2D eigenvalue weighted by Crippen LogP contribution is -2.20. The highest BCUT2D eigenvalue weighted by atomic mass is 32.2. The van der Waals surface area contributed by atoms with Crippen LogP contribution in [0.2, 0.25) is 0 Å². The molecule has 7 nitrogen and oxygen atoms in total. The summed E-state index contributed by atoms with van der Waals surface area (Å²) in [6.45, 7) is 0.457. The van der Waals surface area contributed by atoms with Crippen molar-refractivity contribution in [3.8, 4) is 11.6 Å². The summed E-state index contributed by atoms with van der Waals surface area (Å²) in [7, 11) is -1.90. The number of hydrogen-bond donors (Lipinski definition) is 2. The zero-order valence-corrected chi connectivity index (χ0v) is 15.9. The van der Waals surface area contributed by atoms with Crippen molar-refractivity contribution in [1.29, 1.82) is 0 Å². The second-order valence-corrected chi connectivity index (χ2v) is 7.83. The predicted octanol–water partition coefficient (Wildman–Crippen LogP) is 3.07. The molecule has 0 spiro atoms. The van der Waals surface area contributed by atoms with E-state index >= 15 is 0 Å². The standard InChI is InChI=1S/C19H19FN4O3S/c1-21-28(25,26)13-15-4-2-14(3-5-15)12-23-19-22-11-10-18(24-19)27-17-8-6-16(20)7-9-17/h2-11,21H,12-13H2,1H3,(H,22,23,24). The number of halogens is 1. The first-order valence-corrected chi connectivity index (χ1v) is 10.1. The third-order valence-electron chi connectivity index (χ3n) is 3.81. The van der Waals surface area contributed by atoms with Gasteiger partial charge in [0.05, 0.1) is 5.75 Å². The van der Waals surface area contributed by atoms with Crippen LogP contribution in [0.3, 0.4) is 0 Å². The number of nitrogens with one attached hydrogen (secondary N) is 2. The lowest BCUT2D eigenvalue weighted by atomic mass is 10.1. The summed E-state index contributed by atoms with van der Waals surface area (Å²) >= 11 is 0. The topological polar surface area (TPSA) is 93.2 Å².